The van der Waals surface area contributed by atoms with Gasteiger partial charge in [-0.3, -0.25) is 0 Å². The van der Waals surface area contributed by atoms with Gasteiger partial charge in [-0.15, -0.1) is 0 Å². The number of hydrogen-bond acceptors (Lipinski definition) is 4. The van der Waals surface area contributed by atoms with Crippen molar-refractivity contribution in [1.82, 2.24) is 0 Å². The van der Waals surface area contributed by atoms with Crippen molar-refractivity contribution in [3.05, 3.63) is 11.1 Å². The molecular weight excluding hydrogens is 412 g/mol. The lowest BCUT2D eigenvalue weighted by molar-refractivity contribution is -0.248. The summed E-state index contributed by atoms with van der Waals surface area (Å²) in [5.41, 5.74) is 0.620. The van der Waals surface area contributed by atoms with Crippen LogP contribution in [0.5, 0.6) is 0 Å². The maximum absolute atomic E-state index is 11.6. The number of aliphatic hydroxyl groups is 4. The van der Waals surface area contributed by atoms with Crippen LogP contribution in [0.25, 0.3) is 0 Å². The molecule has 4 aliphatic rings. The molecule has 0 aliphatic heterocycles. The lowest BCUT2D eigenvalue weighted by Crippen LogP contribution is -2.70. The van der Waals surface area contributed by atoms with Crippen molar-refractivity contribution in [3.63, 3.8) is 0 Å². The molecule has 4 heteroatoms. The Morgan fingerprint density at radius 3 is 2.30 bits per heavy atom. The molecule has 0 heterocycles. The highest BCUT2D eigenvalue weighted by molar-refractivity contribution is 5.40. The molecule has 4 aliphatic carbocycles. The summed E-state index contributed by atoms with van der Waals surface area (Å²) in [5, 5.41) is 44.5. The molecule has 0 aromatic heterocycles. The Morgan fingerprint density at radius 2 is 1.67 bits per heavy atom. The normalized spacial score (nSPS) is 47.2. The lowest BCUT2D eigenvalue weighted by atomic mass is 9.45. The van der Waals surface area contributed by atoms with E-state index in [2.05, 4.69) is 41.5 Å². The van der Waals surface area contributed by atoms with Crippen LogP contribution < -0.4 is 0 Å². The standard InChI is InChI=1S/C29H50O4/c1-7-19(17(2)3)9-8-18(4)21-10-11-22-24-23(13-14-27(21,22)5)28(6)15-12-20(30)16-29(28,33)26(32)25(24)31/h17-21,23,25-26,30-33H,7-16H2,1-6H3/t18?,19-,20-,21+,23?,25-,26+,27+,28+,29-/m0/s1. The van der Waals surface area contributed by atoms with Crippen LogP contribution >= 0.6 is 0 Å². The Bertz CT molecular complexity index is 761. The molecule has 0 saturated heterocycles. The van der Waals surface area contributed by atoms with E-state index < -0.39 is 29.3 Å². The Kier molecular flexibility index (Phi) is 6.93. The first kappa shape index (κ1) is 25.7. The van der Waals surface area contributed by atoms with Crippen molar-refractivity contribution < 1.29 is 20.4 Å². The predicted molar refractivity (Wildman–Crippen MR) is 133 cm³/mol. The molecule has 33 heavy (non-hydrogen) atoms. The van der Waals surface area contributed by atoms with Gasteiger partial charge in [0.1, 0.15) is 17.8 Å². The van der Waals surface area contributed by atoms with E-state index in [1.54, 1.807) is 0 Å². The summed E-state index contributed by atoms with van der Waals surface area (Å²) in [4.78, 5) is 0. The highest BCUT2D eigenvalue weighted by atomic mass is 16.4. The summed E-state index contributed by atoms with van der Waals surface area (Å²) in [6, 6.07) is 0. The molecule has 0 aromatic carbocycles. The average Bonchev–Trinajstić information content (AvgIpc) is 3.11. The second-order valence-corrected chi connectivity index (χ2v) is 13.2. The summed E-state index contributed by atoms with van der Waals surface area (Å²) in [5.74, 6) is 2.90. The molecule has 4 N–H and O–H groups in total. The summed E-state index contributed by atoms with van der Waals surface area (Å²) in [6.07, 6.45) is 6.71. The van der Waals surface area contributed by atoms with E-state index in [9.17, 15) is 20.4 Å². The first-order chi connectivity index (χ1) is 15.4. The van der Waals surface area contributed by atoms with Crippen LogP contribution in [0.15, 0.2) is 11.1 Å². The molecule has 3 fully saturated rings. The van der Waals surface area contributed by atoms with Gasteiger partial charge in [-0.05, 0) is 85.5 Å². The van der Waals surface area contributed by atoms with E-state index in [4.69, 9.17) is 0 Å². The van der Waals surface area contributed by atoms with Gasteiger partial charge in [0, 0.05) is 11.8 Å². The minimum absolute atomic E-state index is 0.0888. The second-order valence-electron chi connectivity index (χ2n) is 13.2. The summed E-state index contributed by atoms with van der Waals surface area (Å²) in [6.45, 7) is 14.0. The van der Waals surface area contributed by atoms with Crippen molar-refractivity contribution in [3.8, 4) is 0 Å². The number of hydrogen-bond donors (Lipinski definition) is 4. The Balaban J connectivity index is 1.63. The number of rotatable bonds is 6. The van der Waals surface area contributed by atoms with Crippen molar-refractivity contribution in [2.75, 3.05) is 0 Å². The van der Waals surface area contributed by atoms with E-state index >= 15 is 0 Å². The molecule has 10 atom stereocenters. The van der Waals surface area contributed by atoms with Crippen molar-refractivity contribution in [2.45, 2.75) is 130 Å². The first-order valence-electron chi connectivity index (χ1n) is 13.9. The van der Waals surface area contributed by atoms with Crippen LogP contribution in [-0.4, -0.2) is 44.3 Å². The van der Waals surface area contributed by atoms with Crippen molar-refractivity contribution in [2.24, 2.45) is 40.4 Å². The molecule has 0 aromatic rings. The molecule has 0 amide bonds. The summed E-state index contributed by atoms with van der Waals surface area (Å²) in [7, 11) is 0. The van der Waals surface area contributed by atoms with Crippen LogP contribution in [0, 0.1) is 40.4 Å². The van der Waals surface area contributed by atoms with Crippen molar-refractivity contribution >= 4 is 0 Å². The topological polar surface area (TPSA) is 80.9 Å². The lowest BCUT2D eigenvalue weighted by Gasteiger charge is -2.63. The fraction of sp³-hybridized carbons (Fsp3) is 0.931. The Hall–Kier alpha value is -0.420. The summed E-state index contributed by atoms with van der Waals surface area (Å²) >= 11 is 0. The quantitative estimate of drug-likeness (QED) is 0.408. The Morgan fingerprint density at radius 1 is 0.970 bits per heavy atom. The van der Waals surface area contributed by atoms with Crippen LogP contribution in [-0.2, 0) is 0 Å². The van der Waals surface area contributed by atoms with Gasteiger partial charge in [0.2, 0.25) is 0 Å². The third kappa shape index (κ3) is 3.77. The monoisotopic (exact) mass is 462 g/mol. The van der Waals surface area contributed by atoms with Crippen molar-refractivity contribution in [1.29, 1.82) is 0 Å². The zero-order chi connectivity index (χ0) is 24.3. The highest BCUT2D eigenvalue weighted by Crippen LogP contribution is 2.66. The van der Waals surface area contributed by atoms with Crippen LogP contribution in [0.1, 0.15) is 106 Å². The molecule has 4 rings (SSSR count). The van der Waals surface area contributed by atoms with E-state index in [-0.39, 0.29) is 17.8 Å². The molecule has 4 nitrogen and oxygen atoms in total. The maximum atomic E-state index is 11.6. The minimum Gasteiger partial charge on any atom is -0.393 e. The third-order valence-corrected chi connectivity index (χ3v) is 11.4. The van der Waals surface area contributed by atoms with E-state index in [1.165, 1.54) is 31.3 Å². The van der Waals surface area contributed by atoms with E-state index in [1.807, 2.05) is 0 Å². The molecule has 0 spiro atoms. The Labute approximate surface area is 201 Å². The smallest absolute Gasteiger partial charge is 0.113 e. The van der Waals surface area contributed by atoms with Gasteiger partial charge in [0.05, 0.1) is 6.10 Å². The zero-order valence-electron chi connectivity index (χ0n) is 22.0. The molecule has 0 bridgehead atoms. The molecule has 3 saturated carbocycles. The largest absolute Gasteiger partial charge is 0.393 e. The number of fused-ring (bicyclic) bond motifs is 4. The maximum Gasteiger partial charge on any atom is 0.113 e. The SMILES string of the molecule is CC[C@@H](CCC(C)[C@H]1CCC2=C3C(CC[C@@]21C)[C@@]1(C)CC[C@H](O)C[C@]1(O)[C@H](O)[C@H]3O)C(C)C. The zero-order valence-corrected chi connectivity index (χ0v) is 22.0. The van der Waals surface area contributed by atoms with Gasteiger partial charge in [-0.2, -0.15) is 0 Å². The van der Waals surface area contributed by atoms with E-state index in [0.29, 0.717) is 24.7 Å². The number of allylic oxidation sites excluding steroid dienone is 1. The first-order valence-corrected chi connectivity index (χ1v) is 13.9. The second kappa shape index (κ2) is 8.91. The van der Waals surface area contributed by atoms with Crippen LogP contribution in [0.3, 0.4) is 0 Å². The molecule has 2 unspecified atom stereocenters. The average molecular weight is 463 g/mol. The van der Waals surface area contributed by atoms with Gasteiger partial charge in [0.15, 0.2) is 0 Å². The van der Waals surface area contributed by atoms with Gasteiger partial charge in [-0.25, -0.2) is 0 Å². The molecule has 0 radical (unpaired) electrons. The van der Waals surface area contributed by atoms with Gasteiger partial charge in [0.25, 0.3) is 0 Å². The van der Waals surface area contributed by atoms with Gasteiger partial charge >= 0.3 is 0 Å². The minimum atomic E-state index is -1.43. The molecular formula is C29H50O4. The fourth-order valence-electron chi connectivity index (χ4n) is 9.14. The van der Waals surface area contributed by atoms with Gasteiger partial charge < -0.3 is 20.4 Å². The molecule has 190 valence electrons. The third-order valence-electron chi connectivity index (χ3n) is 11.4. The number of aliphatic hydroxyl groups excluding tert-OH is 3. The fourth-order valence-corrected chi connectivity index (χ4v) is 9.14. The van der Waals surface area contributed by atoms with Crippen LogP contribution in [0.2, 0.25) is 0 Å². The summed E-state index contributed by atoms with van der Waals surface area (Å²) < 4.78 is 0. The predicted octanol–water partition coefficient (Wildman–Crippen LogP) is 5.23. The van der Waals surface area contributed by atoms with Crippen LogP contribution in [0.4, 0.5) is 0 Å². The van der Waals surface area contributed by atoms with E-state index in [0.717, 1.165) is 36.7 Å². The highest BCUT2D eigenvalue weighted by Gasteiger charge is 2.67. The van der Waals surface area contributed by atoms with Gasteiger partial charge in [-0.1, -0.05) is 60.0 Å².